The van der Waals surface area contributed by atoms with Crippen molar-refractivity contribution >= 4 is 21.9 Å². The van der Waals surface area contributed by atoms with Crippen LogP contribution in [0.3, 0.4) is 0 Å². The molecule has 0 N–H and O–H groups in total. The summed E-state index contributed by atoms with van der Waals surface area (Å²) in [5.74, 6) is 0.239. The van der Waals surface area contributed by atoms with E-state index < -0.39 is 5.97 Å². The quantitative estimate of drug-likeness (QED) is 0.480. The van der Waals surface area contributed by atoms with Crippen LogP contribution in [-0.2, 0) is 9.53 Å². The summed E-state index contributed by atoms with van der Waals surface area (Å²) < 4.78 is 10.8. The van der Waals surface area contributed by atoms with Crippen molar-refractivity contribution in [3.63, 3.8) is 0 Å². The van der Waals surface area contributed by atoms with Crippen LogP contribution in [0.4, 0.5) is 0 Å². The van der Waals surface area contributed by atoms with Crippen molar-refractivity contribution in [2.75, 3.05) is 6.61 Å². The standard InChI is InChI=1S/C11H11BrO3/c1-2-14-11(13)7-8-15-10-6-4-3-5-9(10)12/h3-8H,2H2,1H3/b8-7-. The number of rotatable bonds is 4. The molecule has 15 heavy (non-hydrogen) atoms. The highest BCUT2D eigenvalue weighted by Crippen LogP contribution is 2.23. The molecule has 1 aromatic rings. The molecule has 0 spiro atoms. The van der Waals surface area contributed by atoms with Crippen LogP contribution in [0.25, 0.3) is 0 Å². The van der Waals surface area contributed by atoms with Gasteiger partial charge in [-0.05, 0) is 35.0 Å². The molecule has 0 saturated carbocycles. The molecule has 1 aromatic carbocycles. The predicted octanol–water partition coefficient (Wildman–Crippen LogP) is 2.90. The average molecular weight is 271 g/mol. The highest BCUT2D eigenvalue weighted by atomic mass is 79.9. The topological polar surface area (TPSA) is 35.5 Å². The maximum absolute atomic E-state index is 10.9. The second-order valence-corrected chi connectivity index (χ2v) is 3.46. The van der Waals surface area contributed by atoms with Crippen molar-refractivity contribution in [3.8, 4) is 5.75 Å². The Kier molecular flexibility index (Phi) is 4.90. The van der Waals surface area contributed by atoms with E-state index in [1.165, 1.54) is 12.3 Å². The first-order valence-electron chi connectivity index (χ1n) is 4.48. The number of esters is 1. The van der Waals surface area contributed by atoms with Crippen LogP contribution in [0, 0.1) is 0 Å². The monoisotopic (exact) mass is 270 g/mol. The van der Waals surface area contributed by atoms with Gasteiger partial charge in [-0.15, -0.1) is 0 Å². The number of carbonyl (C=O) groups excluding carboxylic acids is 1. The molecule has 80 valence electrons. The minimum Gasteiger partial charge on any atom is -0.464 e. The third-order valence-electron chi connectivity index (χ3n) is 1.52. The first-order valence-corrected chi connectivity index (χ1v) is 5.28. The number of carbonyl (C=O) groups is 1. The van der Waals surface area contributed by atoms with Gasteiger partial charge in [-0.25, -0.2) is 4.79 Å². The van der Waals surface area contributed by atoms with E-state index in [1.807, 2.05) is 18.2 Å². The summed E-state index contributed by atoms with van der Waals surface area (Å²) in [6.07, 6.45) is 2.54. The van der Waals surface area contributed by atoms with Crippen molar-refractivity contribution in [1.29, 1.82) is 0 Å². The van der Waals surface area contributed by atoms with Crippen LogP contribution in [0.5, 0.6) is 5.75 Å². The summed E-state index contributed by atoms with van der Waals surface area (Å²) >= 11 is 3.32. The number of benzene rings is 1. The number of hydrogen-bond donors (Lipinski definition) is 0. The Hall–Kier alpha value is -1.29. The van der Waals surface area contributed by atoms with E-state index in [0.29, 0.717) is 12.4 Å². The smallest absolute Gasteiger partial charge is 0.333 e. The van der Waals surface area contributed by atoms with E-state index in [4.69, 9.17) is 9.47 Å². The van der Waals surface area contributed by atoms with Crippen LogP contribution >= 0.6 is 15.9 Å². The molecular weight excluding hydrogens is 260 g/mol. The minimum atomic E-state index is -0.412. The SMILES string of the molecule is CCOC(=O)/C=C\Oc1ccccc1Br. The van der Waals surface area contributed by atoms with Gasteiger partial charge in [-0.2, -0.15) is 0 Å². The Morgan fingerprint density at radius 2 is 2.20 bits per heavy atom. The lowest BCUT2D eigenvalue weighted by Gasteiger charge is -2.01. The molecule has 0 aromatic heterocycles. The number of para-hydroxylation sites is 1. The minimum absolute atomic E-state index is 0.359. The van der Waals surface area contributed by atoms with Crippen molar-refractivity contribution in [2.24, 2.45) is 0 Å². The molecule has 3 nitrogen and oxygen atoms in total. The van der Waals surface area contributed by atoms with Gasteiger partial charge in [0, 0.05) is 0 Å². The third kappa shape index (κ3) is 4.16. The fourth-order valence-electron chi connectivity index (χ4n) is 0.894. The molecule has 0 fully saturated rings. The number of ether oxygens (including phenoxy) is 2. The molecule has 0 saturated heterocycles. The average Bonchev–Trinajstić information content (AvgIpc) is 2.21. The highest BCUT2D eigenvalue weighted by molar-refractivity contribution is 9.10. The lowest BCUT2D eigenvalue weighted by atomic mass is 10.3. The van der Waals surface area contributed by atoms with Crippen LogP contribution in [0.2, 0.25) is 0 Å². The Balaban J connectivity index is 2.50. The van der Waals surface area contributed by atoms with Crippen LogP contribution < -0.4 is 4.74 Å². The summed E-state index contributed by atoms with van der Waals surface area (Å²) in [5.41, 5.74) is 0. The zero-order chi connectivity index (χ0) is 11.1. The number of halogens is 1. The fourth-order valence-corrected chi connectivity index (χ4v) is 1.27. The fraction of sp³-hybridized carbons (Fsp3) is 0.182. The predicted molar refractivity (Wildman–Crippen MR) is 60.5 cm³/mol. The molecule has 0 radical (unpaired) electrons. The van der Waals surface area contributed by atoms with Crippen LogP contribution in [0.15, 0.2) is 41.1 Å². The Labute approximate surface area is 96.8 Å². The summed E-state index contributed by atoms with van der Waals surface area (Å²) in [4.78, 5) is 10.9. The maximum Gasteiger partial charge on any atom is 0.333 e. The van der Waals surface area contributed by atoms with Gasteiger partial charge in [0.1, 0.15) is 5.75 Å². The number of hydrogen-bond acceptors (Lipinski definition) is 3. The summed E-state index contributed by atoms with van der Waals surface area (Å²) in [6.45, 7) is 2.11. The zero-order valence-corrected chi connectivity index (χ0v) is 9.86. The van der Waals surface area contributed by atoms with E-state index >= 15 is 0 Å². The third-order valence-corrected chi connectivity index (χ3v) is 2.18. The van der Waals surface area contributed by atoms with E-state index in [9.17, 15) is 4.79 Å². The lowest BCUT2D eigenvalue weighted by Crippen LogP contribution is -1.99. The second-order valence-electron chi connectivity index (χ2n) is 2.60. The summed E-state index contributed by atoms with van der Waals surface area (Å²) in [5, 5.41) is 0. The van der Waals surface area contributed by atoms with Crippen molar-refractivity contribution in [1.82, 2.24) is 0 Å². The lowest BCUT2D eigenvalue weighted by molar-refractivity contribution is -0.137. The van der Waals surface area contributed by atoms with Gasteiger partial charge in [0.15, 0.2) is 0 Å². The van der Waals surface area contributed by atoms with Crippen LogP contribution in [0.1, 0.15) is 6.92 Å². The van der Waals surface area contributed by atoms with Gasteiger partial charge in [-0.3, -0.25) is 0 Å². The van der Waals surface area contributed by atoms with Crippen LogP contribution in [-0.4, -0.2) is 12.6 Å². The Bertz CT molecular complexity index is 361. The zero-order valence-electron chi connectivity index (χ0n) is 8.27. The highest BCUT2D eigenvalue weighted by Gasteiger charge is 1.97. The summed E-state index contributed by atoms with van der Waals surface area (Å²) in [6, 6.07) is 7.37. The van der Waals surface area contributed by atoms with Crippen molar-refractivity contribution in [3.05, 3.63) is 41.1 Å². The molecule has 0 heterocycles. The largest absolute Gasteiger partial charge is 0.464 e. The van der Waals surface area contributed by atoms with E-state index in [0.717, 1.165) is 4.47 Å². The molecule has 1 rings (SSSR count). The van der Waals surface area contributed by atoms with Gasteiger partial charge in [-0.1, -0.05) is 12.1 Å². The first kappa shape index (κ1) is 11.8. The second kappa shape index (κ2) is 6.24. The van der Waals surface area contributed by atoms with Gasteiger partial charge >= 0.3 is 5.97 Å². The normalized spacial score (nSPS) is 10.3. The van der Waals surface area contributed by atoms with Crippen molar-refractivity contribution < 1.29 is 14.3 Å². The molecule has 0 bridgehead atoms. The molecule has 0 unspecified atom stereocenters. The molecule has 0 aliphatic carbocycles. The molecule has 0 amide bonds. The molecule has 0 atom stereocenters. The Morgan fingerprint density at radius 1 is 1.47 bits per heavy atom. The van der Waals surface area contributed by atoms with Crippen molar-refractivity contribution in [2.45, 2.75) is 6.92 Å². The molecular formula is C11H11BrO3. The van der Waals surface area contributed by atoms with Gasteiger partial charge in [0.05, 0.1) is 23.4 Å². The summed E-state index contributed by atoms with van der Waals surface area (Å²) in [7, 11) is 0. The maximum atomic E-state index is 10.9. The van der Waals surface area contributed by atoms with Gasteiger partial charge in [0.25, 0.3) is 0 Å². The van der Waals surface area contributed by atoms with Gasteiger partial charge in [0.2, 0.25) is 0 Å². The van der Waals surface area contributed by atoms with Gasteiger partial charge < -0.3 is 9.47 Å². The van der Waals surface area contributed by atoms with E-state index in [2.05, 4.69) is 15.9 Å². The molecule has 0 aliphatic rings. The first-order chi connectivity index (χ1) is 7.24. The molecule has 0 aliphatic heterocycles. The van der Waals surface area contributed by atoms with E-state index in [-0.39, 0.29) is 0 Å². The Morgan fingerprint density at radius 3 is 2.87 bits per heavy atom. The van der Waals surface area contributed by atoms with E-state index in [1.54, 1.807) is 13.0 Å². The molecule has 4 heteroatoms.